The van der Waals surface area contributed by atoms with Crippen molar-refractivity contribution in [3.8, 4) is 0 Å². The van der Waals surface area contributed by atoms with Gasteiger partial charge in [0.05, 0.1) is 0 Å². The smallest absolute Gasteiger partial charge is 0.425 e. The van der Waals surface area contributed by atoms with Crippen molar-refractivity contribution in [1.29, 1.82) is 0 Å². The largest absolute Gasteiger partial charge is 0.974 e. The second-order valence-corrected chi connectivity index (χ2v) is 3.30. The van der Waals surface area contributed by atoms with Crippen LogP contribution in [0, 0.1) is 0 Å². The van der Waals surface area contributed by atoms with Crippen LogP contribution in [-0.4, -0.2) is 34.9 Å². The monoisotopic (exact) mass is 208 g/mol. The number of rotatable bonds is 8. The lowest BCUT2D eigenvalue weighted by Crippen LogP contribution is -2.48. The fourth-order valence-corrected chi connectivity index (χ4v) is 1.21. The summed E-state index contributed by atoms with van der Waals surface area (Å²) in [4.78, 5) is 39.5. The van der Waals surface area contributed by atoms with E-state index < -0.39 is 9.05 Å². The van der Waals surface area contributed by atoms with Crippen LogP contribution in [0.4, 0.5) is 0 Å². The van der Waals surface area contributed by atoms with Crippen molar-refractivity contribution in [3.63, 3.8) is 0 Å². The summed E-state index contributed by atoms with van der Waals surface area (Å²) in [5, 5.41) is 0. The molecule has 8 nitrogen and oxygen atoms in total. The van der Waals surface area contributed by atoms with Gasteiger partial charge in [0, 0.05) is 0 Å². The molecule has 9 heteroatoms. The first-order chi connectivity index (χ1) is 6.24. The van der Waals surface area contributed by atoms with E-state index in [1.165, 1.54) is 0 Å². The Morgan fingerprint density at radius 3 is 1.00 bits per heavy atom. The van der Waals surface area contributed by atoms with Crippen LogP contribution in [0.3, 0.4) is 0 Å². The molecule has 0 fully saturated rings. The van der Waals surface area contributed by atoms with Gasteiger partial charge in [-0.2, -0.15) is 0 Å². The lowest BCUT2D eigenvalue weighted by Gasteiger charge is -2.16. The molecule has 0 radical (unpaired) electrons. The molecule has 0 saturated carbocycles. The summed E-state index contributed by atoms with van der Waals surface area (Å²) in [6, 6.07) is 0. The van der Waals surface area contributed by atoms with E-state index in [1.807, 2.05) is 0 Å². The van der Waals surface area contributed by atoms with Crippen molar-refractivity contribution in [3.05, 3.63) is 0 Å². The second kappa shape index (κ2) is 5.71. The van der Waals surface area contributed by atoms with Gasteiger partial charge in [0.15, 0.2) is 0 Å². The normalized spacial score (nSPS) is 9.23. The predicted octanol–water partition coefficient (Wildman–Crippen LogP) is -1.89. The maximum atomic E-state index is 9.87. The molecule has 13 heavy (non-hydrogen) atoms. The molecule has 0 atom stereocenters. The van der Waals surface area contributed by atoms with E-state index in [0.717, 1.165) is 0 Å². The van der Waals surface area contributed by atoms with Crippen molar-refractivity contribution in [2.45, 2.75) is 0 Å². The molecule has 0 saturated heterocycles. The summed E-state index contributed by atoms with van der Waals surface area (Å²) in [5.74, 6) is 0. The first-order valence-corrected chi connectivity index (χ1v) is 4.34. The maximum Gasteiger partial charge on any atom is 0.974 e. The summed E-state index contributed by atoms with van der Waals surface area (Å²) in [5.41, 5.74) is 0. The standard InChI is InChI=1S/C4H4O8Si/c5-1-9-13(10-2-6,11-3-7)12-4-8/h1-4H. The van der Waals surface area contributed by atoms with Crippen molar-refractivity contribution in [2.24, 2.45) is 0 Å². The Hall–Kier alpha value is -1.90. The van der Waals surface area contributed by atoms with Crippen molar-refractivity contribution in [1.82, 2.24) is 0 Å². The van der Waals surface area contributed by atoms with E-state index >= 15 is 0 Å². The zero-order valence-electron chi connectivity index (χ0n) is 6.08. The molecule has 0 rings (SSSR count). The molecule has 0 heterocycles. The molecule has 0 aromatic rings. The van der Waals surface area contributed by atoms with Gasteiger partial charge in [-0.3, -0.25) is 19.2 Å². The highest BCUT2D eigenvalue weighted by molar-refractivity contribution is 6.58. The average molecular weight is 208 g/mol. The summed E-state index contributed by atoms with van der Waals surface area (Å²) in [6.07, 6.45) is 0. The molecular weight excluding hydrogens is 204 g/mol. The Kier molecular flexibility index (Phi) is 4.87. The second-order valence-electron chi connectivity index (χ2n) is 1.36. The van der Waals surface area contributed by atoms with Crippen LogP contribution in [0.15, 0.2) is 0 Å². The van der Waals surface area contributed by atoms with Crippen LogP contribution in [-0.2, 0) is 36.9 Å². The Balaban J connectivity index is 4.53. The van der Waals surface area contributed by atoms with E-state index in [4.69, 9.17) is 0 Å². The Morgan fingerprint density at radius 2 is 0.846 bits per heavy atom. The minimum atomic E-state index is -4.27. The van der Waals surface area contributed by atoms with E-state index in [1.54, 1.807) is 0 Å². The van der Waals surface area contributed by atoms with E-state index in [-0.39, 0.29) is 25.9 Å². The zero-order valence-corrected chi connectivity index (χ0v) is 7.08. The van der Waals surface area contributed by atoms with Crippen molar-refractivity contribution >= 4 is 34.9 Å². The van der Waals surface area contributed by atoms with Gasteiger partial charge in [0.2, 0.25) is 0 Å². The van der Waals surface area contributed by atoms with Crippen molar-refractivity contribution < 1.29 is 36.9 Å². The number of carbonyl (C=O) groups is 4. The third kappa shape index (κ3) is 3.33. The molecule has 0 bridgehead atoms. The summed E-state index contributed by atoms with van der Waals surface area (Å²) in [6.45, 7) is -0.711. The Bertz CT molecular complexity index is 157. The molecule has 72 valence electrons. The van der Waals surface area contributed by atoms with Crippen molar-refractivity contribution in [2.75, 3.05) is 0 Å². The minimum absolute atomic E-state index is 0.178. The van der Waals surface area contributed by atoms with Crippen LogP contribution >= 0.6 is 0 Å². The minimum Gasteiger partial charge on any atom is -0.425 e. The van der Waals surface area contributed by atoms with Gasteiger partial charge in [-0.25, -0.2) is 0 Å². The van der Waals surface area contributed by atoms with Crippen LogP contribution < -0.4 is 0 Å². The van der Waals surface area contributed by atoms with Gasteiger partial charge in [-0.05, 0) is 0 Å². The molecule has 0 N–H and O–H groups in total. The van der Waals surface area contributed by atoms with Gasteiger partial charge < -0.3 is 17.7 Å². The third-order valence-corrected chi connectivity index (χ3v) is 2.31. The molecule has 0 amide bonds. The van der Waals surface area contributed by atoms with Gasteiger partial charge in [0.25, 0.3) is 25.9 Å². The molecule has 0 aliphatic heterocycles. The molecular formula is C4H4O8Si. The SMILES string of the molecule is O=CO[Si](OC=O)(OC=O)OC=O. The fraction of sp³-hybridized carbons (Fsp3) is 0. The topological polar surface area (TPSA) is 105 Å². The first-order valence-electron chi connectivity index (χ1n) is 2.70. The summed E-state index contributed by atoms with van der Waals surface area (Å²) < 4.78 is 16.2. The van der Waals surface area contributed by atoms with Gasteiger partial charge in [-0.1, -0.05) is 0 Å². The number of hydrogen-bond donors (Lipinski definition) is 0. The van der Waals surface area contributed by atoms with Crippen LogP contribution in [0.25, 0.3) is 0 Å². The molecule has 0 spiro atoms. The predicted molar refractivity (Wildman–Crippen MR) is 34.4 cm³/mol. The highest BCUT2D eigenvalue weighted by Gasteiger charge is 2.57. The molecule has 0 aromatic carbocycles. The molecule has 0 unspecified atom stereocenters. The lowest BCUT2D eigenvalue weighted by atomic mass is 11.7. The zero-order chi connectivity index (χ0) is 10.2. The van der Waals surface area contributed by atoms with Crippen LogP contribution in [0.5, 0.6) is 0 Å². The van der Waals surface area contributed by atoms with E-state index in [0.29, 0.717) is 0 Å². The lowest BCUT2D eigenvalue weighted by molar-refractivity contribution is -0.145. The summed E-state index contributed by atoms with van der Waals surface area (Å²) in [7, 11) is -4.27. The number of carbonyl (C=O) groups excluding carboxylic acids is 4. The quantitative estimate of drug-likeness (QED) is 0.337. The first kappa shape index (κ1) is 11.1. The Labute approximate surface area is 72.8 Å². The fourth-order valence-electron chi connectivity index (χ4n) is 0.402. The van der Waals surface area contributed by atoms with Crippen LogP contribution in [0.1, 0.15) is 0 Å². The Morgan fingerprint density at radius 1 is 0.615 bits per heavy atom. The highest BCUT2D eigenvalue weighted by Crippen LogP contribution is 2.06. The highest BCUT2D eigenvalue weighted by atomic mass is 28.4. The maximum absolute atomic E-state index is 9.87. The van der Waals surface area contributed by atoms with Gasteiger partial charge in [0.1, 0.15) is 0 Å². The van der Waals surface area contributed by atoms with Crippen LogP contribution in [0.2, 0.25) is 0 Å². The van der Waals surface area contributed by atoms with Gasteiger partial charge in [-0.15, -0.1) is 0 Å². The van der Waals surface area contributed by atoms with Gasteiger partial charge >= 0.3 is 9.05 Å². The van der Waals surface area contributed by atoms with E-state index in [9.17, 15) is 19.2 Å². The summed E-state index contributed by atoms with van der Waals surface area (Å²) >= 11 is 0. The average Bonchev–Trinajstić information content (AvgIpc) is 2.06. The number of hydrogen-bond acceptors (Lipinski definition) is 8. The molecule has 0 aromatic heterocycles. The third-order valence-electron chi connectivity index (χ3n) is 0.770. The van der Waals surface area contributed by atoms with E-state index in [2.05, 4.69) is 17.7 Å². The molecule has 0 aliphatic rings. The molecule has 0 aliphatic carbocycles.